The molecule has 4 fully saturated rings. The lowest BCUT2D eigenvalue weighted by atomic mass is 9.93. The van der Waals surface area contributed by atoms with Crippen LogP contribution in [0, 0.1) is 27.7 Å². The Morgan fingerprint density at radius 1 is 0.317 bits per heavy atom. The van der Waals surface area contributed by atoms with Gasteiger partial charge >= 0.3 is 36.0 Å². The molecule has 11 heterocycles. The van der Waals surface area contributed by atoms with Crippen LogP contribution in [-0.4, -0.2) is 130 Å². The van der Waals surface area contributed by atoms with Crippen LogP contribution in [-0.2, 0) is 56.6 Å². The molecule has 4 amide bonds. The first-order valence-electron chi connectivity index (χ1n) is 43.8. The first-order valence-corrected chi connectivity index (χ1v) is 43.8. The topological polar surface area (TPSA) is 381 Å². The SMILES string of the molecule is CCOc1ccc([C@H]2C(=C(O)c3ccc(C(C)C)cc3)C(=O)C(=O)N2c2ccc(C)nn2)cn1.Cc1ccc(N2C(=O)C(=O)C(=C(O)c3ccc(C(C)C)cc3)[C@@H]2c2ccc(C(F)(F)F)nc2)nn1.Cc1ccc(N2C(=O)C(=O)C(=C(O)c3ccc(C(C)C)cc3)[C@H]2c2ccc(C(C)(F)F)cc2)nn1.Cc1ccc(N2C(=O)C(=O)C(=C(O)c3ccc(C(C)C)cc3)[C@H]2c2ccc(C(F)(F)F)nc2)nn1. The standard InChI is InChI=1S/C27H25F2N3O3.C26H26N4O4.2C25H21F3N4O3/c1-15(2)17-6-8-19(9-7-17)24(33)22-23(18-10-12-20(13-11-18)27(4,28)29)32(26(35)25(22)34)21-14-5-16(3)30-31-21;1-5-34-21-13-11-19(14-27-21)23-22(24(31)18-9-7-17(8-10-18)15(2)3)25(32)26(33)30(23)20-12-6-16(4)28-29-20;2*1-13(2)15-5-7-16(8-6-15)22(33)20-21(17-9-10-18(29-12-17)25(26,27)28)32(24(35)23(20)34)19-11-4-14(3)30-31-19/h5-15,23,33H,1-4H3;6-15,23,31H,5H2,1-4H3;2*4-13,21,33H,1-3H3/t2*23-;2*21-/m1010/s1. The number of rotatable bonds is 19. The van der Waals surface area contributed by atoms with Gasteiger partial charge in [-0.1, -0.05) is 189 Å². The van der Waals surface area contributed by atoms with Crippen molar-refractivity contribution < 1.29 is 98.6 Å². The lowest BCUT2D eigenvalue weighted by Crippen LogP contribution is -2.30. The lowest BCUT2D eigenvalue weighted by Gasteiger charge is -2.24. The van der Waals surface area contributed by atoms with Gasteiger partial charge in [-0.05, 0) is 170 Å². The number of hydrogen-bond acceptors (Lipinski definition) is 24. The molecule has 4 saturated heterocycles. The number of alkyl halides is 8. The first-order chi connectivity index (χ1) is 65.8. The van der Waals surface area contributed by atoms with Crippen LogP contribution in [0.25, 0.3) is 23.0 Å². The number of amides is 4. The lowest BCUT2D eigenvalue weighted by molar-refractivity contribution is -0.142. The Morgan fingerprint density at radius 2 is 0.554 bits per heavy atom. The predicted molar refractivity (Wildman–Crippen MR) is 498 cm³/mol. The molecule has 0 spiro atoms. The van der Waals surface area contributed by atoms with E-state index in [0.717, 1.165) is 80.5 Å². The van der Waals surface area contributed by atoms with Crippen molar-refractivity contribution in [1.29, 1.82) is 0 Å². The number of ketones is 4. The van der Waals surface area contributed by atoms with Gasteiger partial charge in [0.05, 0.1) is 75.8 Å². The fourth-order valence-electron chi connectivity index (χ4n) is 15.6. The molecule has 4 atom stereocenters. The summed E-state index contributed by atoms with van der Waals surface area (Å²) in [5.41, 5.74) is 5.82. The van der Waals surface area contributed by atoms with Gasteiger partial charge in [-0.2, -0.15) is 46.7 Å². The van der Waals surface area contributed by atoms with Crippen molar-refractivity contribution in [2.75, 3.05) is 26.2 Å². The minimum absolute atomic E-state index is 0.0109. The molecule has 0 unspecified atom stereocenters. The summed E-state index contributed by atoms with van der Waals surface area (Å²) in [6.07, 6.45) is -5.93. The van der Waals surface area contributed by atoms with E-state index in [1.54, 1.807) is 149 Å². The number of aromatic nitrogens is 11. The van der Waals surface area contributed by atoms with Gasteiger partial charge in [-0.25, -0.2) is 13.8 Å². The molecule has 139 heavy (non-hydrogen) atoms. The molecule has 4 aliphatic rings. The largest absolute Gasteiger partial charge is 0.507 e. The number of anilines is 4. The van der Waals surface area contributed by atoms with Gasteiger partial charge in [0.2, 0.25) is 5.88 Å². The quantitative estimate of drug-likeness (QED) is 0.0253. The van der Waals surface area contributed by atoms with E-state index in [9.17, 15) is 93.9 Å². The maximum atomic E-state index is 13.8. The number of ether oxygens (including phenoxy) is 1. The summed E-state index contributed by atoms with van der Waals surface area (Å²) in [7, 11) is 0. The highest BCUT2D eigenvalue weighted by molar-refractivity contribution is 6.54. The van der Waals surface area contributed by atoms with Crippen molar-refractivity contribution in [3.05, 3.63) is 354 Å². The van der Waals surface area contributed by atoms with Gasteiger partial charge in [0.15, 0.2) is 23.3 Å². The second-order valence-corrected chi connectivity index (χ2v) is 34.2. The molecule has 0 aliphatic carbocycles. The number of aliphatic hydroxyl groups excluding tert-OH is 4. The molecule has 0 radical (unpaired) electrons. The van der Waals surface area contributed by atoms with Crippen LogP contribution in [0.2, 0.25) is 0 Å². The molecule has 16 rings (SSSR count). The number of aliphatic hydroxyl groups is 4. The molecule has 714 valence electrons. The van der Waals surface area contributed by atoms with Crippen molar-refractivity contribution in [2.24, 2.45) is 0 Å². The highest BCUT2D eigenvalue weighted by Crippen LogP contribution is 2.48. The zero-order valence-corrected chi connectivity index (χ0v) is 77.4. The molecule has 4 N–H and O–H groups in total. The minimum Gasteiger partial charge on any atom is -0.507 e. The minimum atomic E-state index is -4.67. The molecular weight excluding hydrogens is 1810 g/mol. The summed E-state index contributed by atoms with van der Waals surface area (Å²) in [5.74, 6) is -10.1. The summed E-state index contributed by atoms with van der Waals surface area (Å²) in [6.45, 7) is 26.2. The Balaban J connectivity index is 0.000000156. The average molecular weight is 1900 g/mol. The summed E-state index contributed by atoms with van der Waals surface area (Å²) < 4.78 is 111. The normalized spacial score (nSPS) is 17.8. The van der Waals surface area contributed by atoms with E-state index in [-0.39, 0.29) is 103 Å². The highest BCUT2D eigenvalue weighted by atomic mass is 19.4. The van der Waals surface area contributed by atoms with Crippen molar-refractivity contribution in [3.63, 3.8) is 0 Å². The molecule has 0 saturated carbocycles. The zero-order valence-electron chi connectivity index (χ0n) is 77.4. The monoisotopic (exact) mass is 1900 g/mol. The molecule has 4 aliphatic heterocycles. The number of halogens is 8. The Morgan fingerprint density at radius 3 is 0.748 bits per heavy atom. The molecule has 36 heteroatoms. The van der Waals surface area contributed by atoms with Crippen LogP contribution < -0.4 is 24.3 Å². The summed E-state index contributed by atoms with van der Waals surface area (Å²) >= 11 is 0. The molecule has 5 aromatic carbocycles. The molecule has 28 nitrogen and oxygen atoms in total. The van der Waals surface area contributed by atoms with Gasteiger partial charge in [0, 0.05) is 59.4 Å². The van der Waals surface area contributed by atoms with E-state index in [1.807, 2.05) is 72.7 Å². The molecule has 7 aromatic heterocycles. The van der Waals surface area contributed by atoms with Crippen LogP contribution in [0.5, 0.6) is 5.88 Å². The van der Waals surface area contributed by atoms with Crippen LogP contribution in [0.3, 0.4) is 0 Å². The van der Waals surface area contributed by atoms with E-state index in [2.05, 4.69) is 69.6 Å². The average Bonchev–Trinajstić information content (AvgIpc) is 1.61. The van der Waals surface area contributed by atoms with Gasteiger partial charge in [0.25, 0.3) is 29.1 Å². The number of carbonyl (C=O) groups excluding carboxylic acids is 8. The van der Waals surface area contributed by atoms with Gasteiger partial charge < -0.3 is 25.2 Å². The molecule has 12 aromatic rings. The van der Waals surface area contributed by atoms with Crippen molar-refractivity contribution in [3.8, 4) is 5.88 Å². The Bertz CT molecular complexity index is 6280. The fraction of sp³-hybridized carbons (Fsp3) is 0.252. The number of hydrogen-bond donors (Lipinski definition) is 4. The van der Waals surface area contributed by atoms with E-state index >= 15 is 0 Å². The van der Waals surface area contributed by atoms with Crippen molar-refractivity contribution in [1.82, 2.24) is 55.7 Å². The van der Waals surface area contributed by atoms with Crippen LogP contribution in [0.4, 0.5) is 58.4 Å². The predicted octanol–water partition coefficient (Wildman–Crippen LogP) is 19.9. The summed E-state index contributed by atoms with van der Waals surface area (Å²) in [4.78, 5) is 121. The van der Waals surface area contributed by atoms with Crippen LogP contribution in [0.1, 0.15) is 224 Å². The summed E-state index contributed by atoms with van der Waals surface area (Å²) in [5, 5.41) is 76.6. The van der Waals surface area contributed by atoms with Crippen molar-refractivity contribution >= 4 is 93.1 Å². The Kier molecular flexibility index (Phi) is 29.7. The maximum Gasteiger partial charge on any atom is 0.433 e. The fourth-order valence-corrected chi connectivity index (χ4v) is 15.6. The third-order valence-electron chi connectivity index (χ3n) is 23.2. The van der Waals surface area contributed by atoms with E-state index in [1.165, 1.54) is 47.5 Å². The third-order valence-corrected chi connectivity index (χ3v) is 23.2. The Labute approximate surface area is 792 Å². The second-order valence-electron chi connectivity index (χ2n) is 34.2. The number of carbonyl (C=O) groups is 8. The van der Waals surface area contributed by atoms with E-state index in [0.29, 0.717) is 63.4 Å². The molecular formula is C103H93F8N15O13. The third kappa shape index (κ3) is 21.6. The van der Waals surface area contributed by atoms with Crippen molar-refractivity contribution in [2.45, 2.75) is 163 Å². The first kappa shape index (κ1) is 100. The number of pyridine rings is 3. The van der Waals surface area contributed by atoms with Gasteiger partial charge in [0.1, 0.15) is 34.4 Å². The number of aryl methyl sites for hydroxylation is 4. The number of Topliss-reactive ketones (excluding diaryl/α,β-unsaturated/α-hetero) is 4. The maximum absolute atomic E-state index is 13.8. The number of nitrogens with zero attached hydrogens (tertiary/aromatic N) is 15. The number of benzene rings is 5. The van der Waals surface area contributed by atoms with Crippen LogP contribution in [0.15, 0.2) is 247 Å². The van der Waals surface area contributed by atoms with E-state index < -0.39 is 112 Å². The molecule has 0 bridgehead atoms. The smallest absolute Gasteiger partial charge is 0.433 e. The van der Waals surface area contributed by atoms with Gasteiger partial charge in [-0.3, -0.25) is 67.9 Å². The highest BCUT2D eigenvalue weighted by Gasteiger charge is 2.53. The van der Waals surface area contributed by atoms with E-state index in [4.69, 9.17) is 4.74 Å². The van der Waals surface area contributed by atoms with Crippen LogP contribution >= 0.6 is 0 Å². The van der Waals surface area contributed by atoms with Gasteiger partial charge in [-0.15, -0.1) is 20.4 Å². The zero-order chi connectivity index (χ0) is 101. The second kappa shape index (κ2) is 41.2. The Hall–Kier alpha value is -16.2. The summed E-state index contributed by atoms with van der Waals surface area (Å²) in [6, 6.07) is 48.5.